The molecule has 0 amide bonds. The molecule has 0 aromatic carbocycles. The molecule has 68 valence electrons. The van der Waals surface area contributed by atoms with Crippen molar-refractivity contribution in [3.8, 4) is 0 Å². The lowest BCUT2D eigenvalue weighted by molar-refractivity contribution is 0.921. The van der Waals surface area contributed by atoms with Gasteiger partial charge in [0.05, 0.1) is 0 Å². The Morgan fingerprint density at radius 3 is 2.00 bits per heavy atom. The highest BCUT2D eigenvalue weighted by Crippen LogP contribution is 2.37. The van der Waals surface area contributed by atoms with Crippen molar-refractivity contribution in [3.63, 3.8) is 0 Å². The van der Waals surface area contributed by atoms with Crippen molar-refractivity contribution in [2.45, 2.75) is 33.9 Å². The van der Waals surface area contributed by atoms with E-state index in [0.717, 1.165) is 0 Å². The van der Waals surface area contributed by atoms with E-state index in [9.17, 15) is 0 Å². The second kappa shape index (κ2) is 3.04. The van der Waals surface area contributed by atoms with E-state index in [4.69, 9.17) is 11.1 Å². The molecule has 0 aromatic heterocycles. The number of rotatable bonds is 1. The van der Waals surface area contributed by atoms with Gasteiger partial charge in [-0.05, 0) is 19.8 Å². The maximum Gasteiger partial charge on any atom is 0.177 e. The molecule has 1 rings (SSSR count). The van der Waals surface area contributed by atoms with Crippen LogP contribution < -0.4 is 0 Å². The predicted octanol–water partition coefficient (Wildman–Crippen LogP) is 3.88. The smallest absolute Gasteiger partial charge is 0.162 e. The van der Waals surface area contributed by atoms with E-state index >= 15 is 0 Å². The van der Waals surface area contributed by atoms with Crippen molar-refractivity contribution < 1.29 is 0 Å². The fourth-order valence-electron chi connectivity index (χ4n) is 2.12. The standard InChI is InChI=1S/C10H17ClSi/c1-7-6-8(2)10(9(7)3)12(4,5)11/h6,8H,1-5H3. The number of hydrogen-bond donors (Lipinski definition) is 0. The van der Waals surface area contributed by atoms with Gasteiger partial charge in [0.1, 0.15) is 0 Å². The highest BCUT2D eigenvalue weighted by molar-refractivity contribution is 7.23. The molecule has 12 heavy (non-hydrogen) atoms. The van der Waals surface area contributed by atoms with Gasteiger partial charge < -0.3 is 0 Å². The second-order valence-corrected chi connectivity index (χ2v) is 10.5. The fourth-order valence-corrected chi connectivity index (χ4v) is 5.32. The van der Waals surface area contributed by atoms with E-state index in [0.29, 0.717) is 5.92 Å². The zero-order valence-electron chi connectivity index (χ0n) is 8.53. The van der Waals surface area contributed by atoms with Crippen molar-refractivity contribution in [2.75, 3.05) is 0 Å². The zero-order valence-corrected chi connectivity index (χ0v) is 10.3. The lowest BCUT2D eigenvalue weighted by Gasteiger charge is -2.20. The van der Waals surface area contributed by atoms with Gasteiger partial charge in [-0.2, -0.15) is 11.1 Å². The van der Waals surface area contributed by atoms with Crippen molar-refractivity contribution >= 4 is 18.5 Å². The Hall–Kier alpha value is -0.0131. The SMILES string of the molecule is CC1=CC(C)C([Si](C)(C)Cl)=C1C. The topological polar surface area (TPSA) is 0 Å². The summed E-state index contributed by atoms with van der Waals surface area (Å²) in [4.78, 5) is 0. The maximum absolute atomic E-state index is 6.44. The van der Waals surface area contributed by atoms with Crippen LogP contribution in [-0.2, 0) is 0 Å². The Morgan fingerprint density at radius 2 is 1.83 bits per heavy atom. The highest BCUT2D eigenvalue weighted by atomic mass is 35.6. The molecule has 2 heteroatoms. The van der Waals surface area contributed by atoms with Crippen LogP contribution in [-0.4, -0.2) is 7.38 Å². The Kier molecular flexibility index (Phi) is 2.55. The largest absolute Gasteiger partial charge is 0.177 e. The molecule has 0 spiro atoms. The molecule has 1 aliphatic rings. The molecule has 0 heterocycles. The first-order valence-corrected chi connectivity index (χ1v) is 8.44. The maximum atomic E-state index is 6.44. The summed E-state index contributed by atoms with van der Waals surface area (Å²) in [5.41, 5.74) is 2.85. The predicted molar refractivity (Wildman–Crippen MR) is 59.0 cm³/mol. The summed E-state index contributed by atoms with van der Waals surface area (Å²) in [6, 6.07) is 0. The van der Waals surface area contributed by atoms with Gasteiger partial charge in [-0.3, -0.25) is 0 Å². The van der Waals surface area contributed by atoms with Crippen LogP contribution >= 0.6 is 11.1 Å². The van der Waals surface area contributed by atoms with Crippen LogP contribution in [0, 0.1) is 5.92 Å². The van der Waals surface area contributed by atoms with Crippen LogP contribution in [0.4, 0.5) is 0 Å². The number of halogens is 1. The van der Waals surface area contributed by atoms with Crippen molar-refractivity contribution in [2.24, 2.45) is 5.92 Å². The minimum atomic E-state index is -1.59. The van der Waals surface area contributed by atoms with Crippen LogP contribution in [0.15, 0.2) is 22.4 Å². The summed E-state index contributed by atoms with van der Waals surface area (Å²) < 4.78 is 0. The molecule has 1 unspecified atom stereocenters. The quantitative estimate of drug-likeness (QED) is 0.445. The van der Waals surface area contributed by atoms with E-state index in [1.807, 2.05) is 0 Å². The molecular weight excluding hydrogens is 184 g/mol. The summed E-state index contributed by atoms with van der Waals surface area (Å²) in [6.07, 6.45) is 2.32. The summed E-state index contributed by atoms with van der Waals surface area (Å²) in [5.74, 6) is 0.573. The highest BCUT2D eigenvalue weighted by Gasteiger charge is 2.31. The van der Waals surface area contributed by atoms with E-state index in [1.165, 1.54) is 16.3 Å². The van der Waals surface area contributed by atoms with E-state index in [-0.39, 0.29) is 0 Å². The summed E-state index contributed by atoms with van der Waals surface area (Å²) in [6.45, 7) is 11.0. The number of allylic oxidation sites excluding steroid dienone is 4. The molecule has 0 radical (unpaired) electrons. The van der Waals surface area contributed by atoms with Gasteiger partial charge in [0, 0.05) is 0 Å². The van der Waals surface area contributed by atoms with Crippen LogP contribution in [0.2, 0.25) is 13.1 Å². The van der Waals surface area contributed by atoms with Crippen LogP contribution in [0.3, 0.4) is 0 Å². The molecule has 0 aliphatic heterocycles. The zero-order chi connectivity index (χ0) is 9.52. The molecule has 0 N–H and O–H groups in total. The lowest BCUT2D eigenvalue weighted by atomic mass is 10.2. The normalized spacial score (nSPS) is 24.8. The van der Waals surface area contributed by atoms with E-state index < -0.39 is 7.38 Å². The van der Waals surface area contributed by atoms with Crippen molar-refractivity contribution in [3.05, 3.63) is 22.4 Å². The van der Waals surface area contributed by atoms with Gasteiger partial charge >= 0.3 is 0 Å². The first-order chi connectivity index (χ1) is 5.34. The molecule has 0 nitrogen and oxygen atoms in total. The van der Waals surface area contributed by atoms with Crippen LogP contribution in [0.25, 0.3) is 0 Å². The second-order valence-electron chi connectivity index (χ2n) is 4.15. The number of hydrogen-bond acceptors (Lipinski definition) is 0. The summed E-state index contributed by atoms with van der Waals surface area (Å²) >= 11 is 6.44. The molecule has 0 saturated heterocycles. The minimum absolute atomic E-state index is 0.573. The molecule has 0 aromatic rings. The Labute approximate surface area is 81.0 Å². The van der Waals surface area contributed by atoms with Crippen LogP contribution in [0.1, 0.15) is 20.8 Å². The van der Waals surface area contributed by atoms with Crippen molar-refractivity contribution in [1.82, 2.24) is 0 Å². The molecular formula is C10H17ClSi. The Morgan fingerprint density at radius 1 is 1.33 bits per heavy atom. The molecule has 0 bridgehead atoms. The van der Waals surface area contributed by atoms with Gasteiger partial charge in [-0.15, -0.1) is 0 Å². The van der Waals surface area contributed by atoms with Gasteiger partial charge in [0.15, 0.2) is 7.38 Å². The van der Waals surface area contributed by atoms with Gasteiger partial charge in [-0.1, -0.05) is 42.4 Å². The Balaban J connectivity index is 3.09. The third-order valence-corrected chi connectivity index (χ3v) is 5.31. The molecule has 0 saturated carbocycles. The van der Waals surface area contributed by atoms with Gasteiger partial charge in [0.25, 0.3) is 0 Å². The average Bonchev–Trinajstić information content (AvgIpc) is 2.05. The minimum Gasteiger partial charge on any atom is -0.162 e. The first-order valence-electron chi connectivity index (χ1n) is 4.43. The van der Waals surface area contributed by atoms with Crippen molar-refractivity contribution in [1.29, 1.82) is 0 Å². The molecule has 1 atom stereocenters. The first kappa shape index (κ1) is 10.1. The van der Waals surface area contributed by atoms with E-state index in [1.54, 1.807) is 0 Å². The third-order valence-electron chi connectivity index (χ3n) is 2.59. The average molecular weight is 201 g/mol. The Bertz CT molecular complexity index is 256. The van der Waals surface area contributed by atoms with Crippen LogP contribution in [0.5, 0.6) is 0 Å². The lowest BCUT2D eigenvalue weighted by Crippen LogP contribution is -2.24. The third kappa shape index (κ3) is 1.67. The summed E-state index contributed by atoms with van der Waals surface area (Å²) in [5, 5.41) is 1.52. The van der Waals surface area contributed by atoms with Gasteiger partial charge in [0.2, 0.25) is 0 Å². The summed E-state index contributed by atoms with van der Waals surface area (Å²) in [7, 11) is -1.59. The fraction of sp³-hybridized carbons (Fsp3) is 0.600. The monoisotopic (exact) mass is 200 g/mol. The van der Waals surface area contributed by atoms with E-state index in [2.05, 4.69) is 39.9 Å². The molecule has 0 fully saturated rings. The van der Waals surface area contributed by atoms with Gasteiger partial charge in [-0.25, -0.2) is 0 Å². The molecule has 1 aliphatic carbocycles.